The molecule has 1 amide bonds. The van der Waals surface area contributed by atoms with Crippen molar-refractivity contribution < 1.29 is 14.7 Å². The first-order valence-electron chi connectivity index (χ1n) is 9.06. The lowest BCUT2D eigenvalue weighted by atomic mass is 10.0. The first kappa shape index (κ1) is 19.6. The second-order valence-electron chi connectivity index (χ2n) is 6.52. The summed E-state index contributed by atoms with van der Waals surface area (Å²) >= 11 is 3.35. The molecule has 0 unspecified atom stereocenters. The van der Waals surface area contributed by atoms with Gasteiger partial charge in [0.2, 0.25) is 0 Å². The van der Waals surface area contributed by atoms with E-state index in [0.29, 0.717) is 33.4 Å². The number of carboxylic acids is 1. The fraction of sp³-hybridized carbons (Fsp3) is 0. The summed E-state index contributed by atoms with van der Waals surface area (Å²) in [6.45, 7) is 0. The average Bonchev–Trinajstić information content (AvgIpc) is 3.17. The summed E-state index contributed by atoms with van der Waals surface area (Å²) in [7, 11) is 0. The molecule has 7 heteroatoms. The monoisotopic (exact) mass is 461 g/mol. The number of amides is 1. The van der Waals surface area contributed by atoms with Gasteiger partial charge < -0.3 is 15.4 Å². The van der Waals surface area contributed by atoms with E-state index in [1.54, 1.807) is 73.1 Å². The Bertz CT molecular complexity index is 1260. The number of rotatable bonds is 5. The molecule has 0 radical (unpaired) electrons. The number of hydrogen-bond acceptors (Lipinski definition) is 3. The number of pyridine rings is 1. The van der Waals surface area contributed by atoms with Gasteiger partial charge in [0.15, 0.2) is 0 Å². The minimum atomic E-state index is -1.04. The van der Waals surface area contributed by atoms with Gasteiger partial charge in [-0.1, -0.05) is 46.3 Å². The van der Waals surface area contributed by atoms with Crippen LogP contribution in [0.3, 0.4) is 0 Å². The number of carbonyl (C=O) groups is 2. The topological polar surface area (TPSA) is 95.1 Å². The van der Waals surface area contributed by atoms with Gasteiger partial charge >= 0.3 is 5.97 Å². The summed E-state index contributed by atoms with van der Waals surface area (Å²) in [5.74, 6) is -1.31. The maximum absolute atomic E-state index is 12.7. The van der Waals surface area contributed by atoms with E-state index in [1.807, 2.05) is 6.07 Å². The van der Waals surface area contributed by atoms with E-state index < -0.39 is 5.97 Å². The van der Waals surface area contributed by atoms with Crippen LogP contribution in [0.25, 0.3) is 22.7 Å². The van der Waals surface area contributed by atoms with Gasteiger partial charge in [-0.15, -0.1) is 0 Å². The number of halogens is 1. The van der Waals surface area contributed by atoms with Crippen molar-refractivity contribution in [2.24, 2.45) is 0 Å². The first-order chi connectivity index (χ1) is 14.5. The molecule has 0 saturated carbocycles. The number of hydrogen-bond donors (Lipinski definition) is 3. The summed E-state index contributed by atoms with van der Waals surface area (Å²) in [5, 5.41) is 13.3. The number of aromatic nitrogens is 2. The minimum Gasteiger partial charge on any atom is -0.478 e. The summed E-state index contributed by atoms with van der Waals surface area (Å²) < 4.78 is 0.880. The number of fused-ring (bicyclic) bond motifs is 1. The van der Waals surface area contributed by atoms with Crippen molar-refractivity contribution in [3.8, 4) is 0 Å². The normalized spacial score (nSPS) is 11.4. The Balaban J connectivity index is 1.76. The minimum absolute atomic E-state index is 0.144. The van der Waals surface area contributed by atoms with E-state index in [-0.39, 0.29) is 11.5 Å². The van der Waals surface area contributed by atoms with Crippen LogP contribution in [0.15, 0.2) is 77.5 Å². The van der Waals surface area contributed by atoms with E-state index in [2.05, 4.69) is 31.2 Å². The quantitative estimate of drug-likeness (QED) is 0.355. The summed E-state index contributed by atoms with van der Waals surface area (Å²) in [6, 6.07) is 17.6. The summed E-state index contributed by atoms with van der Waals surface area (Å²) in [6.07, 6.45) is 4.84. The van der Waals surface area contributed by atoms with Gasteiger partial charge in [-0.2, -0.15) is 0 Å². The second kappa shape index (κ2) is 8.34. The molecule has 148 valence electrons. The number of carboxylic acid groups (broad SMARTS) is 1. The molecule has 30 heavy (non-hydrogen) atoms. The molecule has 4 aromatic rings. The van der Waals surface area contributed by atoms with Crippen LogP contribution in [0.1, 0.15) is 21.5 Å². The van der Waals surface area contributed by atoms with Gasteiger partial charge in [0.25, 0.3) is 5.91 Å². The predicted molar refractivity (Wildman–Crippen MR) is 120 cm³/mol. The molecule has 2 aromatic carbocycles. The van der Waals surface area contributed by atoms with Crippen molar-refractivity contribution in [3.63, 3.8) is 0 Å². The highest BCUT2D eigenvalue weighted by Gasteiger charge is 2.15. The SMILES string of the molecule is O=C(O)C(=Cc1c[nH]c2nccc(NC(=O)c3ccc(Br)cc3)c12)c1ccccc1. The van der Waals surface area contributed by atoms with Crippen LogP contribution in [0.5, 0.6) is 0 Å². The molecule has 0 aliphatic heterocycles. The van der Waals surface area contributed by atoms with Crippen molar-refractivity contribution in [1.29, 1.82) is 0 Å². The molecular formula is C23H16BrN3O3. The molecule has 0 spiro atoms. The fourth-order valence-corrected chi connectivity index (χ4v) is 3.40. The lowest BCUT2D eigenvalue weighted by Gasteiger charge is -2.08. The zero-order chi connectivity index (χ0) is 21.1. The second-order valence-corrected chi connectivity index (χ2v) is 7.43. The number of carbonyl (C=O) groups excluding carboxylic acids is 1. The van der Waals surface area contributed by atoms with Crippen LogP contribution in [-0.2, 0) is 4.79 Å². The molecule has 0 bridgehead atoms. The lowest BCUT2D eigenvalue weighted by Crippen LogP contribution is -2.12. The van der Waals surface area contributed by atoms with Crippen LogP contribution in [0.2, 0.25) is 0 Å². The highest BCUT2D eigenvalue weighted by Crippen LogP contribution is 2.29. The van der Waals surface area contributed by atoms with Crippen LogP contribution < -0.4 is 5.32 Å². The van der Waals surface area contributed by atoms with Crippen LogP contribution in [-0.4, -0.2) is 27.0 Å². The highest BCUT2D eigenvalue weighted by molar-refractivity contribution is 9.10. The third kappa shape index (κ3) is 4.01. The van der Waals surface area contributed by atoms with E-state index in [1.165, 1.54) is 0 Å². The van der Waals surface area contributed by atoms with Crippen molar-refractivity contribution in [3.05, 3.63) is 94.2 Å². The summed E-state index contributed by atoms with van der Waals surface area (Å²) in [4.78, 5) is 31.9. The summed E-state index contributed by atoms with van der Waals surface area (Å²) in [5.41, 5.74) is 2.94. The van der Waals surface area contributed by atoms with Gasteiger partial charge in [-0.05, 0) is 42.0 Å². The van der Waals surface area contributed by atoms with Crippen LogP contribution in [0.4, 0.5) is 5.69 Å². The third-order valence-corrected chi connectivity index (χ3v) is 5.10. The molecule has 2 aromatic heterocycles. The molecule has 0 atom stereocenters. The zero-order valence-corrected chi connectivity index (χ0v) is 17.2. The van der Waals surface area contributed by atoms with E-state index in [0.717, 1.165) is 4.47 Å². The third-order valence-electron chi connectivity index (χ3n) is 4.57. The van der Waals surface area contributed by atoms with Crippen molar-refractivity contribution in [2.75, 3.05) is 5.32 Å². The number of anilines is 1. The maximum Gasteiger partial charge on any atom is 0.336 e. The average molecular weight is 462 g/mol. The lowest BCUT2D eigenvalue weighted by molar-refractivity contribution is -0.130. The number of aromatic amines is 1. The van der Waals surface area contributed by atoms with Gasteiger partial charge in [0.05, 0.1) is 11.3 Å². The van der Waals surface area contributed by atoms with Crippen molar-refractivity contribution in [1.82, 2.24) is 9.97 Å². The Morgan fingerprint density at radius 3 is 2.43 bits per heavy atom. The van der Waals surface area contributed by atoms with Crippen LogP contribution in [0, 0.1) is 0 Å². The predicted octanol–water partition coefficient (Wildman–Crippen LogP) is 5.20. The molecular weight excluding hydrogens is 446 g/mol. The number of aliphatic carboxylic acids is 1. The number of H-pyrrole nitrogens is 1. The van der Waals surface area contributed by atoms with Gasteiger partial charge in [0, 0.05) is 33.4 Å². The molecule has 6 nitrogen and oxygen atoms in total. The molecule has 0 saturated heterocycles. The molecule has 0 fully saturated rings. The van der Waals surface area contributed by atoms with Gasteiger partial charge in [0.1, 0.15) is 5.65 Å². The standard InChI is InChI=1S/C23H16BrN3O3/c24-17-8-6-15(7-9-17)22(28)27-19-10-11-25-21-20(19)16(13-26-21)12-18(23(29)30)14-4-2-1-3-5-14/h1-13H,(H,29,30)(H2,25,26,27,28). The molecule has 0 aliphatic carbocycles. The number of nitrogens with zero attached hydrogens (tertiary/aromatic N) is 1. The molecule has 3 N–H and O–H groups in total. The Hall–Kier alpha value is -3.71. The first-order valence-corrected chi connectivity index (χ1v) is 9.85. The molecule has 0 aliphatic rings. The zero-order valence-electron chi connectivity index (χ0n) is 15.6. The van der Waals surface area contributed by atoms with E-state index >= 15 is 0 Å². The number of benzene rings is 2. The van der Waals surface area contributed by atoms with E-state index in [4.69, 9.17) is 0 Å². The van der Waals surface area contributed by atoms with Crippen molar-refractivity contribution >= 4 is 56.2 Å². The Morgan fingerprint density at radius 1 is 1.00 bits per heavy atom. The van der Waals surface area contributed by atoms with E-state index in [9.17, 15) is 14.7 Å². The molecule has 2 heterocycles. The number of nitrogens with one attached hydrogen (secondary N) is 2. The fourth-order valence-electron chi connectivity index (χ4n) is 3.14. The maximum atomic E-state index is 12.7. The Labute approximate surface area is 180 Å². The van der Waals surface area contributed by atoms with Crippen molar-refractivity contribution in [2.45, 2.75) is 0 Å². The Kier molecular flexibility index (Phi) is 5.45. The Morgan fingerprint density at radius 2 is 1.73 bits per heavy atom. The smallest absolute Gasteiger partial charge is 0.336 e. The van der Waals surface area contributed by atoms with Gasteiger partial charge in [-0.25, -0.2) is 9.78 Å². The van der Waals surface area contributed by atoms with Gasteiger partial charge in [-0.3, -0.25) is 4.79 Å². The van der Waals surface area contributed by atoms with Crippen LogP contribution >= 0.6 is 15.9 Å². The molecule has 4 rings (SSSR count). The largest absolute Gasteiger partial charge is 0.478 e. The highest BCUT2D eigenvalue weighted by atomic mass is 79.9.